The largest absolute Gasteiger partial charge is 0.455 e. The molecule has 0 saturated heterocycles. The summed E-state index contributed by atoms with van der Waals surface area (Å²) in [4.78, 5) is 36.5. The molecule has 3 fully saturated rings. The van der Waals surface area contributed by atoms with Gasteiger partial charge in [-0.15, -0.1) is 0 Å². The molecule has 0 unspecified atom stereocenters. The molecule has 160 valence electrons. The zero-order chi connectivity index (χ0) is 21.2. The van der Waals surface area contributed by atoms with Gasteiger partial charge in [0.2, 0.25) is 5.78 Å². The number of hydrogen-bond donors (Lipinski definition) is 1. The van der Waals surface area contributed by atoms with Crippen molar-refractivity contribution in [2.24, 2.45) is 28.6 Å². The van der Waals surface area contributed by atoms with Crippen LogP contribution in [0.3, 0.4) is 0 Å². The van der Waals surface area contributed by atoms with Gasteiger partial charge >= 0.3 is 5.97 Å². The monoisotopic (exact) mass is 402 g/mol. The van der Waals surface area contributed by atoms with E-state index in [0.717, 1.165) is 38.5 Å². The molecule has 0 bridgehead atoms. The topological polar surface area (TPSA) is 80.7 Å². The minimum Gasteiger partial charge on any atom is -0.455 e. The highest BCUT2D eigenvalue weighted by molar-refractivity contribution is 5.93. The van der Waals surface area contributed by atoms with Crippen LogP contribution in [0.5, 0.6) is 0 Å². The molecule has 7 atom stereocenters. The zero-order valence-corrected chi connectivity index (χ0v) is 18.1. The van der Waals surface area contributed by atoms with Gasteiger partial charge in [0.15, 0.2) is 11.9 Å². The molecular weight excluding hydrogens is 368 g/mol. The third-order valence-electron chi connectivity index (χ3n) is 9.23. The van der Waals surface area contributed by atoms with Crippen molar-refractivity contribution in [3.8, 4) is 0 Å². The Hall–Kier alpha value is -1.49. The molecule has 0 aliphatic heterocycles. The quantitative estimate of drug-likeness (QED) is 0.727. The lowest BCUT2D eigenvalue weighted by molar-refractivity contribution is -0.175. The van der Waals surface area contributed by atoms with Crippen LogP contribution in [0.1, 0.15) is 79.1 Å². The van der Waals surface area contributed by atoms with Crippen LogP contribution in [0.15, 0.2) is 11.6 Å². The van der Waals surface area contributed by atoms with E-state index in [1.54, 1.807) is 6.92 Å². The average molecular weight is 403 g/mol. The number of Topliss-reactive ketones (excluding diaryl/α,β-unsaturated/α-hetero) is 1. The maximum Gasteiger partial charge on any atom is 0.303 e. The highest BCUT2D eigenvalue weighted by atomic mass is 16.5. The Labute approximate surface area is 173 Å². The van der Waals surface area contributed by atoms with Gasteiger partial charge < -0.3 is 9.84 Å². The minimum atomic E-state index is -1.43. The lowest BCUT2D eigenvalue weighted by Gasteiger charge is -2.59. The van der Waals surface area contributed by atoms with E-state index in [9.17, 15) is 19.5 Å². The number of fused-ring (bicyclic) bond motifs is 5. The van der Waals surface area contributed by atoms with E-state index in [1.807, 2.05) is 6.08 Å². The molecule has 0 amide bonds. The Morgan fingerprint density at radius 2 is 1.79 bits per heavy atom. The summed E-state index contributed by atoms with van der Waals surface area (Å²) in [7, 11) is 0. The van der Waals surface area contributed by atoms with Crippen molar-refractivity contribution >= 4 is 17.5 Å². The van der Waals surface area contributed by atoms with Crippen molar-refractivity contribution in [3.05, 3.63) is 11.6 Å². The second-order valence-corrected chi connectivity index (χ2v) is 10.4. The molecule has 0 aromatic heterocycles. The fraction of sp³-hybridized carbons (Fsp3) is 0.792. The molecule has 1 N–H and O–H groups in total. The number of ketones is 2. The highest BCUT2D eigenvalue weighted by Crippen LogP contribution is 2.67. The number of carbonyl (C=O) groups is 3. The van der Waals surface area contributed by atoms with Crippen LogP contribution in [0.25, 0.3) is 0 Å². The summed E-state index contributed by atoms with van der Waals surface area (Å²) in [5, 5.41) is 11.6. The van der Waals surface area contributed by atoms with Gasteiger partial charge in [0.1, 0.15) is 5.60 Å². The van der Waals surface area contributed by atoms with Gasteiger partial charge in [-0.3, -0.25) is 14.4 Å². The lowest BCUT2D eigenvalue weighted by Crippen LogP contribution is -2.59. The Morgan fingerprint density at radius 3 is 2.48 bits per heavy atom. The molecule has 4 rings (SSSR count). The first kappa shape index (κ1) is 20.8. The van der Waals surface area contributed by atoms with Crippen molar-refractivity contribution < 1.29 is 24.2 Å². The summed E-state index contributed by atoms with van der Waals surface area (Å²) in [6.45, 7) is 7.28. The van der Waals surface area contributed by atoms with E-state index in [1.165, 1.54) is 12.5 Å². The number of aliphatic hydroxyl groups is 1. The van der Waals surface area contributed by atoms with E-state index in [0.29, 0.717) is 24.7 Å². The van der Waals surface area contributed by atoms with Crippen molar-refractivity contribution in [1.29, 1.82) is 0 Å². The van der Waals surface area contributed by atoms with Crippen molar-refractivity contribution in [2.75, 3.05) is 0 Å². The summed E-state index contributed by atoms with van der Waals surface area (Å²) in [6, 6.07) is 0. The smallest absolute Gasteiger partial charge is 0.303 e. The number of carbonyl (C=O) groups excluding carboxylic acids is 3. The number of esters is 1. The summed E-state index contributed by atoms with van der Waals surface area (Å²) < 4.78 is 5.13. The van der Waals surface area contributed by atoms with E-state index < -0.39 is 23.1 Å². The molecule has 0 heterocycles. The van der Waals surface area contributed by atoms with Crippen LogP contribution < -0.4 is 0 Å². The molecule has 0 spiro atoms. The van der Waals surface area contributed by atoms with Crippen molar-refractivity contribution in [2.45, 2.75) is 90.8 Å². The molecule has 5 nitrogen and oxygen atoms in total. The summed E-state index contributed by atoms with van der Waals surface area (Å²) in [6.07, 6.45) is 7.57. The third kappa shape index (κ3) is 2.87. The predicted octanol–water partition coefficient (Wildman–Crippen LogP) is 3.77. The van der Waals surface area contributed by atoms with Crippen LogP contribution in [0.4, 0.5) is 0 Å². The maximum absolute atomic E-state index is 13.2. The van der Waals surface area contributed by atoms with Gasteiger partial charge in [-0.2, -0.15) is 0 Å². The van der Waals surface area contributed by atoms with Crippen molar-refractivity contribution in [1.82, 2.24) is 0 Å². The van der Waals surface area contributed by atoms with Crippen LogP contribution in [0.2, 0.25) is 0 Å². The number of allylic oxidation sites excluding steroid dienone is 1. The standard InChI is InChI=1S/C24H34O5/c1-14(29-15(2)25)21(27)24(28)12-9-20-18-6-5-16-13-17(26)7-10-22(16,3)19(18)8-11-23(20,24)4/h13-14,18-20,28H,5-12H2,1-4H3/t14-,18+,19-,20-,22-,23-,24+/m0/s1. The molecule has 0 aromatic rings. The van der Waals surface area contributed by atoms with Gasteiger partial charge in [0, 0.05) is 18.8 Å². The van der Waals surface area contributed by atoms with Crippen LogP contribution in [-0.4, -0.2) is 34.3 Å². The average Bonchev–Trinajstić information content (AvgIpc) is 2.93. The summed E-state index contributed by atoms with van der Waals surface area (Å²) in [5.41, 5.74) is -0.515. The first-order valence-electron chi connectivity index (χ1n) is 11.2. The molecule has 4 aliphatic rings. The molecule has 3 saturated carbocycles. The third-order valence-corrected chi connectivity index (χ3v) is 9.23. The van der Waals surface area contributed by atoms with E-state index in [4.69, 9.17) is 4.74 Å². The van der Waals surface area contributed by atoms with Crippen molar-refractivity contribution in [3.63, 3.8) is 0 Å². The summed E-state index contributed by atoms with van der Waals surface area (Å²) in [5.74, 6) is 0.686. The summed E-state index contributed by atoms with van der Waals surface area (Å²) >= 11 is 0. The van der Waals surface area contributed by atoms with E-state index in [-0.39, 0.29) is 22.9 Å². The first-order chi connectivity index (χ1) is 13.5. The molecule has 0 aromatic carbocycles. The second kappa shape index (κ2) is 6.76. The molecular formula is C24H34O5. The molecule has 4 aliphatic carbocycles. The normalized spacial score (nSPS) is 44.8. The van der Waals surface area contributed by atoms with Gasteiger partial charge in [-0.1, -0.05) is 19.4 Å². The molecule has 0 radical (unpaired) electrons. The molecule has 5 heteroatoms. The Bertz CT molecular complexity index is 784. The van der Waals surface area contributed by atoms with Gasteiger partial charge in [-0.05, 0) is 81.1 Å². The highest BCUT2D eigenvalue weighted by Gasteiger charge is 2.66. The Balaban J connectivity index is 1.62. The first-order valence-corrected chi connectivity index (χ1v) is 11.2. The Kier molecular flexibility index (Phi) is 4.84. The predicted molar refractivity (Wildman–Crippen MR) is 108 cm³/mol. The van der Waals surface area contributed by atoms with E-state index in [2.05, 4.69) is 13.8 Å². The minimum absolute atomic E-state index is 0.0773. The van der Waals surface area contributed by atoms with Gasteiger partial charge in [-0.25, -0.2) is 0 Å². The van der Waals surface area contributed by atoms with Crippen LogP contribution in [-0.2, 0) is 19.1 Å². The fourth-order valence-electron chi connectivity index (χ4n) is 7.62. The Morgan fingerprint density at radius 1 is 1.10 bits per heavy atom. The van der Waals surface area contributed by atoms with E-state index >= 15 is 0 Å². The number of hydrogen-bond acceptors (Lipinski definition) is 5. The second-order valence-electron chi connectivity index (χ2n) is 10.4. The van der Waals surface area contributed by atoms with Gasteiger partial charge in [0.25, 0.3) is 0 Å². The number of rotatable bonds is 3. The lowest BCUT2D eigenvalue weighted by atomic mass is 9.46. The zero-order valence-electron chi connectivity index (χ0n) is 18.1. The van der Waals surface area contributed by atoms with Gasteiger partial charge in [0.05, 0.1) is 0 Å². The fourth-order valence-corrected chi connectivity index (χ4v) is 7.62. The molecule has 29 heavy (non-hydrogen) atoms. The van der Waals surface area contributed by atoms with Crippen LogP contribution >= 0.6 is 0 Å². The SMILES string of the molecule is CC(=O)O[C@@H](C)C(=O)[C@]1(O)CC[C@H]2[C@@H]3CCC4=CC(=O)CC[C@]4(C)[C@H]3CC[C@@]21C. The number of ether oxygens (including phenoxy) is 1. The van der Waals surface area contributed by atoms with Crippen LogP contribution in [0, 0.1) is 28.6 Å². The maximum atomic E-state index is 13.2.